The first-order valence-corrected chi connectivity index (χ1v) is 9.64. The Morgan fingerprint density at radius 1 is 1.08 bits per heavy atom. The number of hydrogen-bond donors (Lipinski definition) is 0. The monoisotopic (exact) mass is 370 g/mol. The molecule has 0 amide bonds. The molecule has 1 rings (SSSR count). The maximum atomic E-state index is 12.4. The number of carbonyl (C=O) groups is 2. The van der Waals surface area contributed by atoms with Crippen LogP contribution < -0.4 is 0 Å². The second-order valence-corrected chi connectivity index (χ2v) is 10.2. The van der Waals surface area contributed by atoms with Crippen molar-refractivity contribution in [3.8, 4) is 0 Å². The van der Waals surface area contributed by atoms with E-state index in [0.717, 1.165) is 0 Å². The maximum Gasteiger partial charge on any atom is 0.344 e. The molecule has 0 spiro atoms. The molecule has 3 atom stereocenters. The summed E-state index contributed by atoms with van der Waals surface area (Å²) in [6, 6.07) is 0. The van der Waals surface area contributed by atoms with Crippen LogP contribution in [0.25, 0.3) is 0 Å². The van der Waals surface area contributed by atoms with Gasteiger partial charge in [0.2, 0.25) is 0 Å². The van der Waals surface area contributed by atoms with Crippen LogP contribution in [0.3, 0.4) is 0 Å². The molecular formula is C21H38O5. The Hall–Kier alpha value is -1.10. The van der Waals surface area contributed by atoms with Gasteiger partial charge < -0.3 is 14.2 Å². The molecule has 0 aromatic carbocycles. The molecular weight excluding hydrogens is 332 g/mol. The Balaban J connectivity index is 2.69. The van der Waals surface area contributed by atoms with E-state index in [1.54, 1.807) is 0 Å². The summed E-state index contributed by atoms with van der Waals surface area (Å²) in [5.74, 6) is -1.02. The largest absolute Gasteiger partial charge is 0.459 e. The van der Waals surface area contributed by atoms with E-state index in [2.05, 4.69) is 55.4 Å². The fourth-order valence-electron chi connectivity index (χ4n) is 3.43. The lowest BCUT2D eigenvalue weighted by atomic mass is 9.60. The van der Waals surface area contributed by atoms with E-state index >= 15 is 0 Å². The molecule has 0 bridgehead atoms. The van der Waals surface area contributed by atoms with Gasteiger partial charge in [-0.1, -0.05) is 55.4 Å². The molecule has 0 saturated carbocycles. The predicted molar refractivity (Wildman–Crippen MR) is 102 cm³/mol. The van der Waals surface area contributed by atoms with Gasteiger partial charge in [0.15, 0.2) is 6.61 Å². The van der Waals surface area contributed by atoms with Crippen molar-refractivity contribution in [1.29, 1.82) is 0 Å². The third kappa shape index (κ3) is 5.97. The first-order chi connectivity index (χ1) is 11.7. The number of rotatable bonds is 5. The van der Waals surface area contributed by atoms with Gasteiger partial charge >= 0.3 is 11.9 Å². The number of ether oxygens (including phenoxy) is 3. The summed E-state index contributed by atoms with van der Waals surface area (Å²) in [6.45, 7) is 19.0. The smallest absolute Gasteiger partial charge is 0.344 e. The third-order valence-corrected chi connectivity index (χ3v) is 5.78. The van der Waals surface area contributed by atoms with E-state index in [4.69, 9.17) is 14.2 Å². The molecule has 0 N–H and O–H groups in total. The molecule has 3 unspecified atom stereocenters. The molecule has 5 nitrogen and oxygen atoms in total. The van der Waals surface area contributed by atoms with E-state index in [1.807, 2.05) is 6.92 Å². The van der Waals surface area contributed by atoms with Crippen LogP contribution >= 0.6 is 0 Å². The summed E-state index contributed by atoms with van der Waals surface area (Å²) in [5.41, 5.74) is -0.534. The van der Waals surface area contributed by atoms with Crippen LogP contribution in [0.4, 0.5) is 0 Å². The SMILES string of the molecule is CC1CC(C(=O)OCC(=O)OC(C(C)(C)C)C(C)(C)C(C)(C)C)CCO1. The molecule has 1 aliphatic heterocycles. The van der Waals surface area contributed by atoms with Gasteiger partial charge in [0.05, 0.1) is 12.0 Å². The fourth-order valence-corrected chi connectivity index (χ4v) is 3.43. The van der Waals surface area contributed by atoms with Crippen molar-refractivity contribution < 1.29 is 23.8 Å². The second-order valence-electron chi connectivity index (χ2n) is 10.2. The van der Waals surface area contributed by atoms with Crippen LogP contribution in [0.1, 0.15) is 75.2 Å². The second kappa shape index (κ2) is 8.28. The zero-order valence-corrected chi connectivity index (χ0v) is 18.1. The lowest BCUT2D eigenvalue weighted by Gasteiger charge is -2.49. The first kappa shape index (κ1) is 22.9. The molecule has 0 aromatic heterocycles. The molecule has 152 valence electrons. The maximum absolute atomic E-state index is 12.4. The Labute approximate surface area is 159 Å². The van der Waals surface area contributed by atoms with Crippen LogP contribution in [0.5, 0.6) is 0 Å². The van der Waals surface area contributed by atoms with Crippen LogP contribution in [0, 0.1) is 22.2 Å². The van der Waals surface area contributed by atoms with Crippen molar-refractivity contribution in [3.05, 3.63) is 0 Å². The highest BCUT2D eigenvalue weighted by molar-refractivity contribution is 5.78. The molecule has 0 aromatic rings. The molecule has 1 aliphatic rings. The highest BCUT2D eigenvalue weighted by Crippen LogP contribution is 2.47. The summed E-state index contributed by atoms with van der Waals surface area (Å²) in [6.07, 6.45) is 1.02. The third-order valence-electron chi connectivity index (χ3n) is 5.78. The Kier molecular flexibility index (Phi) is 7.31. The van der Waals surface area contributed by atoms with Crippen molar-refractivity contribution in [1.82, 2.24) is 0 Å². The predicted octanol–water partition coefficient (Wildman–Crippen LogP) is 4.37. The summed E-state index contributed by atoms with van der Waals surface area (Å²) >= 11 is 0. The number of esters is 2. The van der Waals surface area contributed by atoms with Gasteiger partial charge in [-0.2, -0.15) is 0 Å². The average Bonchev–Trinajstić information content (AvgIpc) is 2.47. The number of carbonyl (C=O) groups excluding carboxylic acids is 2. The van der Waals surface area contributed by atoms with Crippen molar-refractivity contribution in [2.24, 2.45) is 22.2 Å². The van der Waals surface area contributed by atoms with Crippen molar-refractivity contribution >= 4 is 11.9 Å². The Bertz CT molecular complexity index is 496. The summed E-state index contributed by atoms with van der Waals surface area (Å²) in [5, 5.41) is 0. The van der Waals surface area contributed by atoms with E-state index in [-0.39, 0.29) is 46.9 Å². The van der Waals surface area contributed by atoms with E-state index in [1.165, 1.54) is 0 Å². The zero-order valence-electron chi connectivity index (χ0n) is 18.1. The van der Waals surface area contributed by atoms with Gasteiger partial charge in [-0.05, 0) is 30.6 Å². The highest BCUT2D eigenvalue weighted by Gasteiger charge is 2.47. The Morgan fingerprint density at radius 3 is 2.12 bits per heavy atom. The standard InChI is InChI=1S/C21H38O5/c1-14-12-15(10-11-24-14)17(23)25-13-16(22)26-18(19(2,3)4)21(8,9)20(5,6)7/h14-15,18H,10-13H2,1-9H3. The van der Waals surface area contributed by atoms with E-state index < -0.39 is 5.97 Å². The zero-order chi connectivity index (χ0) is 20.3. The highest BCUT2D eigenvalue weighted by atomic mass is 16.6. The molecule has 5 heteroatoms. The molecule has 0 aliphatic carbocycles. The minimum atomic E-state index is -0.490. The van der Waals surface area contributed by atoms with Gasteiger partial charge in [-0.15, -0.1) is 0 Å². The minimum absolute atomic E-state index is 0.0473. The Morgan fingerprint density at radius 2 is 1.65 bits per heavy atom. The molecule has 0 radical (unpaired) electrons. The first-order valence-electron chi connectivity index (χ1n) is 9.64. The minimum Gasteiger partial charge on any atom is -0.459 e. The fraction of sp³-hybridized carbons (Fsp3) is 0.905. The topological polar surface area (TPSA) is 61.8 Å². The van der Waals surface area contributed by atoms with Crippen LogP contribution in [0.2, 0.25) is 0 Å². The van der Waals surface area contributed by atoms with Crippen LogP contribution in [-0.4, -0.2) is 37.4 Å². The van der Waals surface area contributed by atoms with E-state index in [0.29, 0.717) is 19.4 Å². The van der Waals surface area contributed by atoms with Gasteiger partial charge in [-0.3, -0.25) is 4.79 Å². The normalized spacial score (nSPS) is 23.3. The van der Waals surface area contributed by atoms with Gasteiger partial charge in [0, 0.05) is 12.0 Å². The lowest BCUT2D eigenvalue weighted by Crippen LogP contribution is -2.50. The quantitative estimate of drug-likeness (QED) is 0.672. The average molecular weight is 371 g/mol. The summed E-state index contributed by atoms with van der Waals surface area (Å²) < 4.78 is 16.5. The number of hydrogen-bond acceptors (Lipinski definition) is 5. The molecule has 26 heavy (non-hydrogen) atoms. The van der Waals surface area contributed by atoms with Gasteiger partial charge in [0.25, 0.3) is 0 Å². The summed E-state index contributed by atoms with van der Waals surface area (Å²) in [7, 11) is 0. The van der Waals surface area contributed by atoms with Crippen LogP contribution in [-0.2, 0) is 23.8 Å². The van der Waals surface area contributed by atoms with Gasteiger partial charge in [0.1, 0.15) is 6.10 Å². The summed E-state index contributed by atoms with van der Waals surface area (Å²) in [4.78, 5) is 24.6. The van der Waals surface area contributed by atoms with Crippen LogP contribution in [0.15, 0.2) is 0 Å². The molecule has 1 heterocycles. The van der Waals surface area contributed by atoms with Crippen molar-refractivity contribution in [2.75, 3.05) is 13.2 Å². The molecule has 1 saturated heterocycles. The van der Waals surface area contributed by atoms with Crippen molar-refractivity contribution in [2.45, 2.75) is 87.4 Å². The molecule has 1 fully saturated rings. The van der Waals surface area contributed by atoms with E-state index in [9.17, 15) is 9.59 Å². The van der Waals surface area contributed by atoms with Crippen molar-refractivity contribution in [3.63, 3.8) is 0 Å². The lowest BCUT2D eigenvalue weighted by molar-refractivity contribution is -0.182. The van der Waals surface area contributed by atoms with Gasteiger partial charge in [-0.25, -0.2) is 4.79 Å².